The van der Waals surface area contributed by atoms with Gasteiger partial charge in [0.2, 0.25) is 0 Å². The maximum Gasteiger partial charge on any atom is 0.123 e. The Morgan fingerprint density at radius 3 is 1.22 bits per heavy atom. The summed E-state index contributed by atoms with van der Waals surface area (Å²) in [6.45, 7) is 0. The predicted octanol–water partition coefficient (Wildman–Crippen LogP) is 13.0. The van der Waals surface area contributed by atoms with Crippen LogP contribution in [-0.2, 0) is 0 Å². The number of halogens is 1. The largest absolute Gasteiger partial charge is 0.309 e. The maximum absolute atomic E-state index is 13.9. The highest BCUT2D eigenvalue weighted by Gasteiger charge is 2.17. The highest BCUT2D eigenvalue weighted by Crippen LogP contribution is 2.39. The lowest BCUT2D eigenvalue weighted by Gasteiger charge is -2.14. The van der Waals surface area contributed by atoms with Gasteiger partial charge in [-0.15, -0.1) is 0 Å². The fourth-order valence-electron chi connectivity index (χ4n) is 7.79. The van der Waals surface area contributed by atoms with E-state index < -0.39 is 0 Å². The molecular formula is C48H31FN2. The molecule has 0 N–H and O–H groups in total. The Kier molecular flexibility index (Phi) is 6.71. The Morgan fingerprint density at radius 1 is 0.275 bits per heavy atom. The van der Waals surface area contributed by atoms with E-state index >= 15 is 0 Å². The second kappa shape index (κ2) is 11.7. The Bertz CT molecular complexity index is 2840. The molecule has 3 heteroatoms. The number of nitrogens with zero attached hydrogens (tertiary/aromatic N) is 2. The van der Waals surface area contributed by atoms with E-state index in [0.29, 0.717) is 0 Å². The van der Waals surface area contributed by atoms with Crippen LogP contribution < -0.4 is 0 Å². The molecule has 51 heavy (non-hydrogen) atoms. The molecule has 8 aromatic carbocycles. The summed E-state index contributed by atoms with van der Waals surface area (Å²) >= 11 is 0. The summed E-state index contributed by atoms with van der Waals surface area (Å²) in [4.78, 5) is 0. The molecule has 0 amide bonds. The molecule has 0 saturated heterocycles. The molecule has 0 aliphatic carbocycles. The summed E-state index contributed by atoms with van der Waals surface area (Å²) in [5.74, 6) is -0.237. The monoisotopic (exact) mass is 654 g/mol. The van der Waals surface area contributed by atoms with Gasteiger partial charge in [0.05, 0.1) is 22.1 Å². The molecule has 0 saturated carbocycles. The normalized spacial score (nSPS) is 11.6. The number of hydrogen-bond donors (Lipinski definition) is 0. The Hall–Kier alpha value is -6.71. The van der Waals surface area contributed by atoms with Crippen LogP contribution >= 0.6 is 0 Å². The van der Waals surface area contributed by atoms with Crippen molar-refractivity contribution < 1.29 is 4.39 Å². The lowest BCUT2D eigenvalue weighted by atomic mass is 9.98. The van der Waals surface area contributed by atoms with E-state index in [1.54, 1.807) is 0 Å². The van der Waals surface area contributed by atoms with E-state index in [4.69, 9.17) is 0 Å². The maximum atomic E-state index is 13.9. The molecule has 10 aromatic rings. The van der Waals surface area contributed by atoms with Gasteiger partial charge in [-0.05, 0) is 112 Å². The minimum absolute atomic E-state index is 0.237. The van der Waals surface area contributed by atoms with Crippen molar-refractivity contribution in [1.82, 2.24) is 9.13 Å². The molecule has 0 aliphatic rings. The minimum Gasteiger partial charge on any atom is -0.309 e. The highest BCUT2D eigenvalue weighted by atomic mass is 19.1. The number of para-hydroxylation sites is 2. The van der Waals surface area contributed by atoms with Crippen molar-refractivity contribution >= 4 is 43.6 Å². The van der Waals surface area contributed by atoms with Gasteiger partial charge in [0.15, 0.2) is 0 Å². The van der Waals surface area contributed by atoms with Crippen molar-refractivity contribution in [3.05, 3.63) is 194 Å². The first-order chi connectivity index (χ1) is 25.2. The summed E-state index contributed by atoms with van der Waals surface area (Å²) in [7, 11) is 0. The van der Waals surface area contributed by atoms with Gasteiger partial charge in [0.25, 0.3) is 0 Å². The molecule has 0 aliphatic heterocycles. The van der Waals surface area contributed by atoms with Crippen molar-refractivity contribution in [2.75, 3.05) is 0 Å². The third-order valence-corrected chi connectivity index (χ3v) is 10.2. The average molecular weight is 655 g/mol. The van der Waals surface area contributed by atoms with E-state index in [2.05, 4.69) is 173 Å². The van der Waals surface area contributed by atoms with Crippen molar-refractivity contribution in [3.8, 4) is 44.8 Å². The van der Waals surface area contributed by atoms with Gasteiger partial charge >= 0.3 is 0 Å². The molecule has 0 unspecified atom stereocenters. The van der Waals surface area contributed by atoms with Crippen LogP contribution in [-0.4, -0.2) is 9.13 Å². The van der Waals surface area contributed by atoms with E-state index in [1.807, 2.05) is 12.1 Å². The van der Waals surface area contributed by atoms with Gasteiger partial charge in [-0.25, -0.2) is 4.39 Å². The van der Waals surface area contributed by atoms with Crippen molar-refractivity contribution in [2.45, 2.75) is 0 Å². The molecule has 0 radical (unpaired) electrons. The molecule has 0 spiro atoms. The van der Waals surface area contributed by atoms with Crippen molar-refractivity contribution in [1.29, 1.82) is 0 Å². The average Bonchev–Trinajstić information content (AvgIpc) is 3.71. The summed E-state index contributed by atoms with van der Waals surface area (Å²) < 4.78 is 18.5. The first-order valence-electron chi connectivity index (χ1n) is 17.3. The summed E-state index contributed by atoms with van der Waals surface area (Å²) in [6, 6.07) is 65.6. The van der Waals surface area contributed by atoms with Gasteiger partial charge in [-0.2, -0.15) is 0 Å². The molecule has 0 bridgehead atoms. The second-order valence-electron chi connectivity index (χ2n) is 13.1. The zero-order valence-electron chi connectivity index (χ0n) is 27.7. The molecule has 2 heterocycles. The van der Waals surface area contributed by atoms with Gasteiger partial charge in [-0.1, -0.05) is 109 Å². The van der Waals surface area contributed by atoms with Crippen LogP contribution in [0.1, 0.15) is 0 Å². The van der Waals surface area contributed by atoms with Gasteiger partial charge < -0.3 is 9.13 Å². The Labute approximate surface area is 294 Å². The standard InChI is InChI=1S/C48H31FN2/c49-38-21-23-39(24-22-38)50-45-17-9-7-15-41(45)43-30-34(19-25-47(43)50)35-20-26-48-44(31-35)42-16-8-10-18-46(42)51(48)40-28-36(32-11-3-1-4-12-32)27-37(29-40)33-13-5-2-6-14-33/h1-31H. The van der Waals surface area contributed by atoms with E-state index in [0.717, 1.165) is 39.1 Å². The summed E-state index contributed by atoms with van der Waals surface area (Å²) in [5, 5.41) is 4.77. The number of benzene rings is 8. The summed E-state index contributed by atoms with van der Waals surface area (Å²) in [6.07, 6.45) is 0. The smallest absolute Gasteiger partial charge is 0.123 e. The molecule has 2 aromatic heterocycles. The molecule has 2 nitrogen and oxygen atoms in total. The van der Waals surface area contributed by atoms with Gasteiger partial charge in [0.1, 0.15) is 5.82 Å². The first kappa shape index (κ1) is 29.2. The van der Waals surface area contributed by atoms with Crippen molar-refractivity contribution in [3.63, 3.8) is 0 Å². The number of fused-ring (bicyclic) bond motifs is 6. The van der Waals surface area contributed by atoms with Crippen LogP contribution in [0.2, 0.25) is 0 Å². The zero-order valence-corrected chi connectivity index (χ0v) is 27.7. The second-order valence-corrected chi connectivity index (χ2v) is 13.1. The zero-order chi connectivity index (χ0) is 33.9. The van der Waals surface area contributed by atoms with Gasteiger partial charge in [0, 0.05) is 32.9 Å². The number of aromatic nitrogens is 2. The molecular weight excluding hydrogens is 624 g/mol. The van der Waals surface area contributed by atoms with Crippen molar-refractivity contribution in [2.24, 2.45) is 0 Å². The van der Waals surface area contributed by atoms with Crippen LogP contribution in [0.5, 0.6) is 0 Å². The van der Waals surface area contributed by atoms with E-state index in [-0.39, 0.29) is 5.82 Å². The molecule has 240 valence electrons. The number of hydrogen-bond acceptors (Lipinski definition) is 0. The lowest BCUT2D eigenvalue weighted by Crippen LogP contribution is -1.96. The van der Waals surface area contributed by atoms with Crippen LogP contribution in [0.3, 0.4) is 0 Å². The topological polar surface area (TPSA) is 9.86 Å². The van der Waals surface area contributed by atoms with E-state index in [9.17, 15) is 4.39 Å². The van der Waals surface area contributed by atoms with Crippen LogP contribution in [0, 0.1) is 5.82 Å². The van der Waals surface area contributed by atoms with Gasteiger partial charge in [-0.3, -0.25) is 0 Å². The fourth-order valence-corrected chi connectivity index (χ4v) is 7.79. The Balaban J connectivity index is 1.16. The minimum atomic E-state index is -0.237. The Morgan fingerprint density at radius 2 is 0.706 bits per heavy atom. The molecule has 0 fully saturated rings. The highest BCUT2D eigenvalue weighted by molar-refractivity contribution is 6.12. The predicted molar refractivity (Wildman–Crippen MR) is 211 cm³/mol. The SMILES string of the molecule is Fc1ccc(-n2c3ccccc3c3cc(-c4ccc5c(c4)c4ccccc4n5-c4cc(-c5ccccc5)cc(-c5ccccc5)c4)ccc32)cc1. The van der Waals surface area contributed by atoms with E-state index in [1.165, 1.54) is 61.4 Å². The quantitative estimate of drug-likeness (QED) is 0.175. The van der Waals surface area contributed by atoms with Crippen LogP contribution in [0.4, 0.5) is 4.39 Å². The molecule has 0 atom stereocenters. The third-order valence-electron chi connectivity index (χ3n) is 10.2. The summed E-state index contributed by atoms with van der Waals surface area (Å²) in [5.41, 5.74) is 13.7. The first-order valence-corrected chi connectivity index (χ1v) is 17.3. The number of rotatable bonds is 5. The molecule has 10 rings (SSSR count). The lowest BCUT2D eigenvalue weighted by molar-refractivity contribution is 0.627. The van der Waals surface area contributed by atoms with Crippen LogP contribution in [0.25, 0.3) is 88.4 Å². The van der Waals surface area contributed by atoms with Crippen LogP contribution in [0.15, 0.2) is 188 Å². The fraction of sp³-hybridized carbons (Fsp3) is 0. The third kappa shape index (κ3) is 4.86.